The second-order valence-corrected chi connectivity index (χ2v) is 5.18. The van der Waals surface area contributed by atoms with Gasteiger partial charge in [0.05, 0.1) is 11.6 Å². The fourth-order valence-electron chi connectivity index (χ4n) is 1.97. The molecular weight excluding hydrogens is 360 g/mol. The summed E-state index contributed by atoms with van der Waals surface area (Å²) in [5.41, 5.74) is -0.159. The van der Waals surface area contributed by atoms with Gasteiger partial charge in [0.1, 0.15) is 23.7 Å². The second kappa shape index (κ2) is 9.05. The molecule has 0 aliphatic carbocycles. The molecule has 9 heteroatoms. The van der Waals surface area contributed by atoms with Crippen LogP contribution in [-0.2, 0) is 14.3 Å². The Bertz CT molecular complexity index is 888. The van der Waals surface area contributed by atoms with Gasteiger partial charge < -0.3 is 15.4 Å². The van der Waals surface area contributed by atoms with Gasteiger partial charge in [-0.15, -0.1) is 0 Å². The van der Waals surface area contributed by atoms with E-state index in [1.54, 1.807) is 6.07 Å². The summed E-state index contributed by atoms with van der Waals surface area (Å²) in [4.78, 5) is 34.9. The Morgan fingerprint density at radius 2 is 1.59 bits per heavy atom. The van der Waals surface area contributed by atoms with Crippen molar-refractivity contribution in [2.45, 2.75) is 6.42 Å². The van der Waals surface area contributed by atoms with Crippen molar-refractivity contribution in [3.8, 4) is 6.07 Å². The van der Waals surface area contributed by atoms with Crippen LogP contribution in [0.2, 0.25) is 0 Å². The normalized spacial score (nSPS) is 9.81. The van der Waals surface area contributed by atoms with Crippen LogP contribution >= 0.6 is 0 Å². The molecule has 0 bridgehead atoms. The average Bonchev–Trinajstić information content (AvgIpc) is 2.63. The summed E-state index contributed by atoms with van der Waals surface area (Å²) < 4.78 is 31.7. The van der Waals surface area contributed by atoms with E-state index in [0.29, 0.717) is 5.69 Å². The van der Waals surface area contributed by atoms with E-state index >= 15 is 0 Å². The SMILES string of the molecule is N#CCC(=O)Nc1ccc(C(=O)OCC(=O)Nc2c(F)cccc2F)cc1. The predicted molar refractivity (Wildman–Crippen MR) is 90.6 cm³/mol. The van der Waals surface area contributed by atoms with Gasteiger partial charge in [-0.3, -0.25) is 9.59 Å². The molecule has 2 aromatic carbocycles. The molecule has 0 saturated carbocycles. The van der Waals surface area contributed by atoms with Crippen molar-refractivity contribution < 1.29 is 27.9 Å². The molecule has 0 spiro atoms. The zero-order valence-electron chi connectivity index (χ0n) is 13.8. The maximum atomic E-state index is 13.4. The van der Waals surface area contributed by atoms with Crippen molar-refractivity contribution in [3.63, 3.8) is 0 Å². The fraction of sp³-hybridized carbons (Fsp3) is 0.111. The Morgan fingerprint density at radius 3 is 2.19 bits per heavy atom. The summed E-state index contributed by atoms with van der Waals surface area (Å²) >= 11 is 0. The van der Waals surface area contributed by atoms with Gasteiger partial charge in [0.15, 0.2) is 6.61 Å². The maximum Gasteiger partial charge on any atom is 0.338 e. The molecule has 0 radical (unpaired) electrons. The number of hydrogen-bond acceptors (Lipinski definition) is 5. The number of para-hydroxylation sites is 1. The lowest BCUT2D eigenvalue weighted by Gasteiger charge is -2.08. The minimum Gasteiger partial charge on any atom is -0.452 e. The fourth-order valence-corrected chi connectivity index (χ4v) is 1.97. The second-order valence-electron chi connectivity index (χ2n) is 5.18. The van der Waals surface area contributed by atoms with E-state index in [0.717, 1.165) is 18.2 Å². The minimum atomic E-state index is -0.955. The van der Waals surface area contributed by atoms with E-state index in [4.69, 9.17) is 10.00 Å². The van der Waals surface area contributed by atoms with Crippen molar-refractivity contribution in [2.75, 3.05) is 17.2 Å². The Balaban J connectivity index is 1.89. The van der Waals surface area contributed by atoms with E-state index in [1.165, 1.54) is 24.3 Å². The quantitative estimate of drug-likeness (QED) is 0.757. The molecule has 138 valence electrons. The summed E-state index contributed by atoms with van der Waals surface area (Å²) in [7, 11) is 0. The van der Waals surface area contributed by atoms with Crippen molar-refractivity contribution in [1.82, 2.24) is 0 Å². The lowest BCUT2D eigenvalue weighted by atomic mass is 10.2. The molecule has 0 aliphatic rings. The summed E-state index contributed by atoms with van der Waals surface area (Å²) in [5.74, 6) is -4.15. The van der Waals surface area contributed by atoms with E-state index in [1.807, 2.05) is 5.32 Å². The van der Waals surface area contributed by atoms with Crippen molar-refractivity contribution in [3.05, 3.63) is 59.7 Å². The van der Waals surface area contributed by atoms with Gasteiger partial charge in [-0.2, -0.15) is 5.26 Å². The largest absolute Gasteiger partial charge is 0.452 e. The molecule has 27 heavy (non-hydrogen) atoms. The number of ether oxygens (including phenoxy) is 1. The molecule has 0 heterocycles. The number of carbonyl (C=O) groups is 3. The van der Waals surface area contributed by atoms with Crippen LogP contribution < -0.4 is 10.6 Å². The number of carbonyl (C=O) groups excluding carboxylic acids is 3. The highest BCUT2D eigenvalue weighted by atomic mass is 19.1. The minimum absolute atomic E-state index is 0.0955. The molecule has 0 aromatic heterocycles. The number of anilines is 2. The van der Waals surface area contributed by atoms with Crippen LogP contribution in [0.4, 0.5) is 20.2 Å². The Labute approximate surface area is 152 Å². The van der Waals surface area contributed by atoms with Crippen LogP contribution in [-0.4, -0.2) is 24.4 Å². The number of esters is 1. The van der Waals surface area contributed by atoms with E-state index in [9.17, 15) is 23.2 Å². The lowest BCUT2D eigenvalue weighted by Crippen LogP contribution is -2.22. The number of nitrogens with one attached hydrogen (secondary N) is 2. The molecule has 0 atom stereocenters. The zero-order valence-corrected chi connectivity index (χ0v) is 13.8. The highest BCUT2D eigenvalue weighted by Crippen LogP contribution is 2.18. The maximum absolute atomic E-state index is 13.4. The third-order valence-electron chi connectivity index (χ3n) is 3.21. The standard InChI is InChI=1S/C18H13F2N3O4/c19-13-2-1-3-14(20)17(13)23-16(25)10-27-18(26)11-4-6-12(7-5-11)22-15(24)8-9-21/h1-7H,8,10H2,(H,22,24)(H,23,25). The number of benzene rings is 2. The number of halogens is 2. The Hall–Kier alpha value is -3.80. The molecule has 2 N–H and O–H groups in total. The summed E-state index contributed by atoms with van der Waals surface area (Å²) in [6.07, 6.45) is -0.304. The molecule has 2 aromatic rings. The van der Waals surface area contributed by atoms with Crippen LogP contribution in [0.5, 0.6) is 0 Å². The van der Waals surface area contributed by atoms with Crippen LogP contribution in [0, 0.1) is 23.0 Å². The number of nitrogens with zero attached hydrogens (tertiary/aromatic N) is 1. The molecule has 0 aliphatic heterocycles. The van der Waals surface area contributed by atoms with E-state index in [2.05, 4.69) is 5.32 Å². The highest BCUT2D eigenvalue weighted by molar-refractivity contribution is 5.96. The lowest BCUT2D eigenvalue weighted by molar-refractivity contribution is -0.119. The van der Waals surface area contributed by atoms with Gasteiger partial charge in [0, 0.05) is 5.69 Å². The first-order valence-electron chi connectivity index (χ1n) is 7.58. The molecule has 2 amide bonds. The molecule has 7 nitrogen and oxygen atoms in total. The molecule has 0 saturated heterocycles. The summed E-state index contributed by atoms with van der Waals surface area (Å²) in [6.45, 7) is -0.743. The predicted octanol–water partition coefficient (Wildman–Crippen LogP) is 2.61. The van der Waals surface area contributed by atoms with Crippen LogP contribution in [0.3, 0.4) is 0 Å². The zero-order chi connectivity index (χ0) is 19.8. The van der Waals surface area contributed by atoms with Crippen molar-refractivity contribution in [1.29, 1.82) is 5.26 Å². The molecule has 0 fully saturated rings. The van der Waals surface area contributed by atoms with Crippen molar-refractivity contribution >= 4 is 29.2 Å². The first-order chi connectivity index (χ1) is 12.9. The first-order valence-corrected chi connectivity index (χ1v) is 7.58. The third kappa shape index (κ3) is 5.61. The summed E-state index contributed by atoms with van der Waals surface area (Å²) in [6, 6.07) is 10.3. The highest BCUT2D eigenvalue weighted by Gasteiger charge is 2.14. The van der Waals surface area contributed by atoms with Gasteiger partial charge in [-0.05, 0) is 36.4 Å². The Morgan fingerprint density at radius 1 is 0.963 bits per heavy atom. The smallest absolute Gasteiger partial charge is 0.338 e. The number of amides is 2. The third-order valence-corrected chi connectivity index (χ3v) is 3.21. The van der Waals surface area contributed by atoms with Crippen LogP contribution in [0.25, 0.3) is 0 Å². The molecule has 2 rings (SSSR count). The van der Waals surface area contributed by atoms with Gasteiger partial charge in [-0.1, -0.05) is 6.07 Å². The summed E-state index contributed by atoms with van der Waals surface area (Å²) in [5, 5.41) is 12.8. The Kier molecular flexibility index (Phi) is 6.55. The number of rotatable bonds is 6. The molecule has 0 unspecified atom stereocenters. The van der Waals surface area contributed by atoms with Gasteiger partial charge in [0.2, 0.25) is 5.91 Å². The van der Waals surface area contributed by atoms with Crippen LogP contribution in [0.1, 0.15) is 16.8 Å². The van der Waals surface area contributed by atoms with E-state index in [-0.39, 0.29) is 12.0 Å². The van der Waals surface area contributed by atoms with Crippen molar-refractivity contribution in [2.24, 2.45) is 0 Å². The number of hydrogen-bond donors (Lipinski definition) is 2. The average molecular weight is 373 g/mol. The van der Waals surface area contributed by atoms with Gasteiger partial charge >= 0.3 is 5.97 Å². The van der Waals surface area contributed by atoms with Gasteiger partial charge in [0.25, 0.3) is 5.91 Å². The molecular formula is C18H13F2N3O4. The van der Waals surface area contributed by atoms with E-state index < -0.39 is 41.7 Å². The monoisotopic (exact) mass is 373 g/mol. The first kappa shape index (κ1) is 19.5. The topological polar surface area (TPSA) is 108 Å². The van der Waals surface area contributed by atoms with Gasteiger partial charge in [-0.25, -0.2) is 13.6 Å². The number of nitriles is 1. The van der Waals surface area contributed by atoms with Crippen LogP contribution in [0.15, 0.2) is 42.5 Å².